The van der Waals surface area contributed by atoms with Crippen molar-refractivity contribution in [3.63, 3.8) is 0 Å². The molecular weight excluding hydrogens is 262 g/mol. The van der Waals surface area contributed by atoms with Gasteiger partial charge >= 0.3 is 0 Å². The molecule has 0 aliphatic heterocycles. The Morgan fingerprint density at radius 1 is 1.16 bits per heavy atom. The fourth-order valence-corrected chi connectivity index (χ4v) is 2.63. The Hall–Kier alpha value is -0.910. The lowest BCUT2D eigenvalue weighted by Gasteiger charge is -2.14. The Balaban J connectivity index is 2.49. The lowest BCUT2D eigenvalue weighted by atomic mass is 10.1. The van der Waals surface area contributed by atoms with Crippen LogP contribution in [-0.4, -0.2) is 39.4 Å². The predicted molar refractivity (Wildman–Crippen MR) is 80.3 cm³/mol. The van der Waals surface area contributed by atoms with Gasteiger partial charge in [-0.15, -0.1) is 0 Å². The van der Waals surface area contributed by atoms with Crippen molar-refractivity contribution in [3.05, 3.63) is 23.8 Å². The van der Waals surface area contributed by atoms with Crippen LogP contribution in [0.25, 0.3) is 0 Å². The number of thioether (sulfide) groups is 1. The molecular formula is C14H23NO3S. The van der Waals surface area contributed by atoms with E-state index in [0.717, 1.165) is 41.6 Å². The third-order valence-electron chi connectivity index (χ3n) is 2.77. The van der Waals surface area contributed by atoms with E-state index in [-0.39, 0.29) is 6.04 Å². The van der Waals surface area contributed by atoms with Crippen LogP contribution in [0.4, 0.5) is 0 Å². The van der Waals surface area contributed by atoms with Gasteiger partial charge in [0.25, 0.3) is 0 Å². The van der Waals surface area contributed by atoms with Crippen LogP contribution in [0.1, 0.15) is 18.0 Å². The van der Waals surface area contributed by atoms with Crippen molar-refractivity contribution >= 4 is 11.8 Å². The van der Waals surface area contributed by atoms with Crippen molar-refractivity contribution < 1.29 is 14.2 Å². The van der Waals surface area contributed by atoms with Gasteiger partial charge in [-0.1, -0.05) is 6.07 Å². The molecule has 1 atom stereocenters. The molecule has 0 bridgehead atoms. The van der Waals surface area contributed by atoms with E-state index in [1.165, 1.54) is 0 Å². The average molecular weight is 285 g/mol. The third kappa shape index (κ3) is 5.30. The molecule has 0 aliphatic rings. The molecule has 108 valence electrons. The number of methoxy groups -OCH3 is 3. The van der Waals surface area contributed by atoms with Crippen LogP contribution in [0.2, 0.25) is 0 Å². The predicted octanol–water partition coefficient (Wildman–Crippen LogP) is 2.47. The van der Waals surface area contributed by atoms with Gasteiger partial charge in [-0.2, -0.15) is 11.8 Å². The van der Waals surface area contributed by atoms with Gasteiger partial charge in [-0.05, 0) is 29.9 Å². The topological polar surface area (TPSA) is 53.7 Å². The molecule has 0 radical (unpaired) electrons. The maximum atomic E-state index is 6.18. The molecule has 0 heterocycles. The summed E-state index contributed by atoms with van der Waals surface area (Å²) in [7, 11) is 4.98. The first-order valence-electron chi connectivity index (χ1n) is 6.27. The normalized spacial score (nSPS) is 12.2. The molecule has 0 amide bonds. The number of hydrogen-bond acceptors (Lipinski definition) is 5. The summed E-state index contributed by atoms with van der Waals surface area (Å²) < 4.78 is 15.5. The fourth-order valence-electron chi connectivity index (χ4n) is 1.70. The van der Waals surface area contributed by atoms with Crippen LogP contribution in [0.5, 0.6) is 11.5 Å². The zero-order chi connectivity index (χ0) is 14.1. The second-order valence-corrected chi connectivity index (χ2v) is 5.29. The average Bonchev–Trinajstić information content (AvgIpc) is 2.46. The minimum absolute atomic E-state index is 0.00681. The Labute approximate surface area is 119 Å². The van der Waals surface area contributed by atoms with Crippen LogP contribution in [0.15, 0.2) is 18.2 Å². The Kier molecular flexibility index (Phi) is 7.70. The first-order chi connectivity index (χ1) is 9.22. The largest absolute Gasteiger partial charge is 0.493 e. The maximum Gasteiger partial charge on any atom is 0.161 e. The second kappa shape index (κ2) is 9.07. The van der Waals surface area contributed by atoms with E-state index in [2.05, 4.69) is 0 Å². The van der Waals surface area contributed by atoms with Crippen molar-refractivity contribution in [2.75, 3.05) is 39.4 Å². The minimum Gasteiger partial charge on any atom is -0.493 e. The Morgan fingerprint density at radius 3 is 2.53 bits per heavy atom. The molecule has 0 spiro atoms. The summed E-state index contributed by atoms with van der Waals surface area (Å²) in [6.07, 6.45) is 1.06. The number of ether oxygens (including phenoxy) is 3. The molecule has 1 aromatic carbocycles. The quantitative estimate of drug-likeness (QED) is 0.706. The van der Waals surface area contributed by atoms with Gasteiger partial charge in [0.05, 0.1) is 14.2 Å². The lowest BCUT2D eigenvalue weighted by molar-refractivity contribution is 0.200. The first-order valence-corrected chi connectivity index (χ1v) is 7.42. The second-order valence-electron chi connectivity index (χ2n) is 4.14. The van der Waals surface area contributed by atoms with E-state index < -0.39 is 0 Å². The van der Waals surface area contributed by atoms with E-state index in [1.807, 2.05) is 30.0 Å². The smallest absolute Gasteiger partial charge is 0.161 e. The van der Waals surface area contributed by atoms with E-state index in [1.54, 1.807) is 21.3 Å². The number of hydrogen-bond donors (Lipinski definition) is 1. The van der Waals surface area contributed by atoms with Crippen LogP contribution < -0.4 is 15.2 Å². The highest BCUT2D eigenvalue weighted by Crippen LogP contribution is 2.30. The fraction of sp³-hybridized carbons (Fsp3) is 0.571. The van der Waals surface area contributed by atoms with Gasteiger partial charge < -0.3 is 19.9 Å². The van der Waals surface area contributed by atoms with Crippen molar-refractivity contribution in [1.82, 2.24) is 0 Å². The molecule has 5 heteroatoms. The summed E-state index contributed by atoms with van der Waals surface area (Å²) in [6.45, 7) is 0.804. The van der Waals surface area contributed by atoms with Crippen molar-refractivity contribution in [3.8, 4) is 11.5 Å². The van der Waals surface area contributed by atoms with Crippen molar-refractivity contribution in [1.29, 1.82) is 0 Å². The highest BCUT2D eigenvalue weighted by atomic mass is 32.2. The molecule has 0 aliphatic carbocycles. The van der Waals surface area contributed by atoms with Gasteiger partial charge in [0, 0.05) is 25.5 Å². The molecule has 1 aromatic rings. The van der Waals surface area contributed by atoms with Gasteiger partial charge in [0.2, 0.25) is 0 Å². The van der Waals surface area contributed by atoms with Crippen LogP contribution in [0.3, 0.4) is 0 Å². The van der Waals surface area contributed by atoms with E-state index in [0.29, 0.717) is 0 Å². The number of benzene rings is 1. The number of rotatable bonds is 9. The summed E-state index contributed by atoms with van der Waals surface area (Å²) in [5.41, 5.74) is 7.24. The molecule has 0 saturated heterocycles. The lowest BCUT2D eigenvalue weighted by Crippen LogP contribution is -2.13. The highest BCUT2D eigenvalue weighted by molar-refractivity contribution is 7.99. The monoisotopic (exact) mass is 285 g/mol. The zero-order valence-corrected chi connectivity index (χ0v) is 12.7. The summed E-state index contributed by atoms with van der Waals surface area (Å²) in [6, 6.07) is 5.83. The zero-order valence-electron chi connectivity index (χ0n) is 11.8. The van der Waals surface area contributed by atoms with Gasteiger partial charge in [-0.3, -0.25) is 0 Å². The van der Waals surface area contributed by atoms with Crippen LogP contribution in [-0.2, 0) is 4.74 Å². The summed E-state index contributed by atoms with van der Waals surface area (Å²) >= 11 is 1.84. The molecule has 4 nitrogen and oxygen atoms in total. The SMILES string of the molecule is COCCCSCC(N)c1ccc(OC)c(OC)c1. The van der Waals surface area contributed by atoms with Gasteiger partial charge in [-0.25, -0.2) is 0 Å². The highest BCUT2D eigenvalue weighted by Gasteiger charge is 2.10. The Bertz CT molecular complexity index is 374. The standard InChI is InChI=1S/C14H23NO3S/c1-16-7-4-8-19-10-12(15)11-5-6-13(17-2)14(9-11)18-3/h5-6,9,12H,4,7-8,10,15H2,1-3H3. The minimum atomic E-state index is 0.00681. The van der Waals surface area contributed by atoms with Crippen molar-refractivity contribution in [2.24, 2.45) is 5.73 Å². The molecule has 1 unspecified atom stereocenters. The van der Waals surface area contributed by atoms with Gasteiger partial charge in [0.1, 0.15) is 0 Å². The first kappa shape index (κ1) is 16.1. The van der Waals surface area contributed by atoms with Gasteiger partial charge in [0.15, 0.2) is 11.5 Å². The molecule has 1 rings (SSSR count). The third-order valence-corrected chi connectivity index (χ3v) is 3.94. The number of nitrogens with two attached hydrogens (primary N) is 1. The van der Waals surface area contributed by atoms with E-state index >= 15 is 0 Å². The molecule has 2 N–H and O–H groups in total. The molecule has 0 fully saturated rings. The molecule has 19 heavy (non-hydrogen) atoms. The van der Waals surface area contributed by atoms with E-state index in [4.69, 9.17) is 19.9 Å². The van der Waals surface area contributed by atoms with E-state index in [9.17, 15) is 0 Å². The molecule has 0 saturated carbocycles. The Morgan fingerprint density at radius 2 is 1.89 bits per heavy atom. The maximum absolute atomic E-state index is 6.18. The van der Waals surface area contributed by atoms with Crippen LogP contribution >= 0.6 is 11.8 Å². The van der Waals surface area contributed by atoms with Crippen LogP contribution in [0, 0.1) is 0 Å². The summed E-state index contributed by atoms with van der Waals surface area (Å²) in [5, 5.41) is 0. The summed E-state index contributed by atoms with van der Waals surface area (Å²) in [4.78, 5) is 0. The summed E-state index contributed by atoms with van der Waals surface area (Å²) in [5.74, 6) is 3.40. The molecule has 0 aromatic heterocycles. The van der Waals surface area contributed by atoms with Crippen molar-refractivity contribution in [2.45, 2.75) is 12.5 Å².